The van der Waals surface area contributed by atoms with E-state index in [1.54, 1.807) is 37.6 Å². The van der Waals surface area contributed by atoms with E-state index in [9.17, 15) is 9.59 Å². The summed E-state index contributed by atoms with van der Waals surface area (Å²) in [5.74, 6) is 0.548. The summed E-state index contributed by atoms with van der Waals surface area (Å²) in [6, 6.07) is 10.3. The number of ether oxygens (including phenoxy) is 1. The second-order valence-corrected chi connectivity index (χ2v) is 6.16. The minimum absolute atomic E-state index is 0.0504. The first kappa shape index (κ1) is 17.5. The van der Waals surface area contributed by atoms with Crippen molar-refractivity contribution in [1.82, 2.24) is 18.9 Å². The van der Waals surface area contributed by atoms with Crippen LogP contribution in [-0.4, -0.2) is 32.0 Å². The van der Waals surface area contributed by atoms with Crippen LogP contribution >= 0.6 is 0 Å². The van der Waals surface area contributed by atoms with Crippen molar-refractivity contribution in [2.45, 2.75) is 0 Å². The van der Waals surface area contributed by atoms with E-state index in [1.165, 1.54) is 17.7 Å². The Kier molecular flexibility index (Phi) is 4.36. The fraction of sp³-hybridized carbons (Fsp3) is 0.100. The van der Waals surface area contributed by atoms with Crippen molar-refractivity contribution in [2.24, 2.45) is 7.05 Å². The third kappa shape index (κ3) is 3.11. The molecule has 28 heavy (non-hydrogen) atoms. The zero-order chi connectivity index (χ0) is 19.7. The van der Waals surface area contributed by atoms with Crippen LogP contribution in [0.25, 0.3) is 17.0 Å². The second kappa shape index (κ2) is 6.99. The predicted molar refractivity (Wildman–Crippen MR) is 105 cm³/mol. The molecule has 4 aromatic rings. The van der Waals surface area contributed by atoms with Gasteiger partial charge in [0, 0.05) is 37.4 Å². The molecule has 1 N–H and O–H groups in total. The lowest BCUT2D eigenvalue weighted by atomic mass is 10.1. The summed E-state index contributed by atoms with van der Waals surface area (Å²) in [7, 11) is 3.11. The Morgan fingerprint density at radius 1 is 1.18 bits per heavy atom. The number of amides is 1. The molecule has 8 nitrogen and oxygen atoms in total. The van der Waals surface area contributed by atoms with E-state index < -0.39 is 5.91 Å². The molecule has 1 aromatic carbocycles. The summed E-state index contributed by atoms with van der Waals surface area (Å²) in [4.78, 5) is 33.5. The summed E-state index contributed by atoms with van der Waals surface area (Å²) in [6.45, 7) is 0. The minimum Gasteiger partial charge on any atom is -0.495 e. The number of benzene rings is 1. The van der Waals surface area contributed by atoms with Crippen LogP contribution in [-0.2, 0) is 7.05 Å². The number of imidazole rings is 1. The highest BCUT2D eigenvalue weighted by molar-refractivity contribution is 6.05. The molecule has 0 spiro atoms. The summed E-state index contributed by atoms with van der Waals surface area (Å²) < 4.78 is 8.51. The maximum absolute atomic E-state index is 12.6. The smallest absolute Gasteiger partial charge is 0.263 e. The molecule has 0 saturated carbocycles. The number of aryl methyl sites for hydroxylation is 1. The molecule has 0 saturated heterocycles. The maximum atomic E-state index is 12.6. The van der Waals surface area contributed by atoms with Crippen molar-refractivity contribution in [2.75, 3.05) is 12.4 Å². The molecule has 0 unspecified atom stereocenters. The molecular weight excluding hydrogens is 358 g/mol. The Morgan fingerprint density at radius 3 is 2.82 bits per heavy atom. The lowest BCUT2D eigenvalue weighted by Crippen LogP contribution is -2.27. The number of nitrogens with one attached hydrogen (secondary N) is 1. The molecule has 4 rings (SSSR count). The number of methoxy groups -OCH3 is 1. The largest absolute Gasteiger partial charge is 0.495 e. The van der Waals surface area contributed by atoms with Crippen LogP contribution in [0.1, 0.15) is 10.4 Å². The number of nitrogens with zero attached hydrogens (tertiary/aromatic N) is 4. The highest BCUT2D eigenvalue weighted by Crippen LogP contribution is 2.30. The molecule has 0 bridgehead atoms. The maximum Gasteiger partial charge on any atom is 0.263 e. The van der Waals surface area contributed by atoms with Crippen LogP contribution in [0, 0.1) is 0 Å². The molecule has 140 valence electrons. The van der Waals surface area contributed by atoms with Crippen LogP contribution < -0.4 is 15.6 Å². The number of carbonyl (C=O) groups is 1. The Hall–Kier alpha value is -3.94. The van der Waals surface area contributed by atoms with Gasteiger partial charge in [0.15, 0.2) is 0 Å². The second-order valence-electron chi connectivity index (χ2n) is 6.16. The summed E-state index contributed by atoms with van der Waals surface area (Å²) in [6.07, 6.45) is 6.98. The van der Waals surface area contributed by atoms with Gasteiger partial charge in [0.05, 0.1) is 18.5 Å². The number of rotatable bonds is 4. The van der Waals surface area contributed by atoms with Crippen LogP contribution in [0.5, 0.6) is 5.75 Å². The highest BCUT2D eigenvalue weighted by Gasteiger charge is 2.15. The Labute approximate surface area is 160 Å². The van der Waals surface area contributed by atoms with E-state index in [2.05, 4.69) is 15.3 Å². The normalized spacial score (nSPS) is 10.8. The van der Waals surface area contributed by atoms with Crippen LogP contribution in [0.15, 0.2) is 66.0 Å². The van der Waals surface area contributed by atoms with E-state index in [4.69, 9.17) is 4.74 Å². The first-order chi connectivity index (χ1) is 13.6. The van der Waals surface area contributed by atoms with E-state index in [0.29, 0.717) is 22.9 Å². The highest BCUT2D eigenvalue weighted by atomic mass is 16.5. The van der Waals surface area contributed by atoms with Crippen molar-refractivity contribution in [3.63, 3.8) is 0 Å². The molecular formula is C20H17N5O3. The van der Waals surface area contributed by atoms with Crippen molar-refractivity contribution < 1.29 is 9.53 Å². The quantitative estimate of drug-likeness (QED) is 0.591. The summed E-state index contributed by atoms with van der Waals surface area (Å²) in [5, 5.41) is 2.76. The zero-order valence-corrected chi connectivity index (χ0v) is 15.3. The molecule has 0 aliphatic rings. The average molecular weight is 375 g/mol. The van der Waals surface area contributed by atoms with Crippen molar-refractivity contribution in [3.8, 4) is 17.0 Å². The van der Waals surface area contributed by atoms with Gasteiger partial charge in [0.1, 0.15) is 11.3 Å². The molecule has 0 aliphatic heterocycles. The zero-order valence-electron chi connectivity index (χ0n) is 15.3. The lowest BCUT2D eigenvalue weighted by Gasteiger charge is -2.11. The van der Waals surface area contributed by atoms with Gasteiger partial charge >= 0.3 is 0 Å². The van der Waals surface area contributed by atoms with Gasteiger partial charge in [-0.15, -0.1) is 0 Å². The number of hydrogen-bond donors (Lipinski definition) is 1. The van der Waals surface area contributed by atoms with Crippen molar-refractivity contribution in [1.29, 1.82) is 0 Å². The SMILES string of the molecule is COc1ccc(-c2cn3cccnc3n2)cc1NC(=O)c1cccn(C)c1=O. The van der Waals surface area contributed by atoms with E-state index in [0.717, 1.165) is 5.56 Å². The van der Waals surface area contributed by atoms with Crippen LogP contribution in [0.4, 0.5) is 5.69 Å². The molecule has 0 aliphatic carbocycles. The monoisotopic (exact) mass is 375 g/mol. The Balaban J connectivity index is 1.72. The lowest BCUT2D eigenvalue weighted by molar-refractivity contribution is 0.102. The summed E-state index contributed by atoms with van der Waals surface area (Å²) >= 11 is 0. The van der Waals surface area contributed by atoms with Gasteiger partial charge in [-0.2, -0.15) is 0 Å². The van der Waals surface area contributed by atoms with E-state index in [-0.39, 0.29) is 11.1 Å². The topological polar surface area (TPSA) is 90.5 Å². The molecule has 3 aromatic heterocycles. The molecule has 0 atom stereocenters. The molecule has 8 heteroatoms. The van der Waals surface area contributed by atoms with Crippen LogP contribution in [0.2, 0.25) is 0 Å². The first-order valence-electron chi connectivity index (χ1n) is 8.52. The van der Waals surface area contributed by atoms with Gasteiger partial charge in [-0.05, 0) is 36.4 Å². The van der Waals surface area contributed by atoms with E-state index in [1.807, 2.05) is 28.9 Å². The van der Waals surface area contributed by atoms with Crippen molar-refractivity contribution >= 4 is 17.4 Å². The third-order valence-corrected chi connectivity index (χ3v) is 4.35. The first-order valence-corrected chi connectivity index (χ1v) is 8.52. The molecule has 0 radical (unpaired) electrons. The Bertz CT molecular complexity index is 1210. The fourth-order valence-corrected chi connectivity index (χ4v) is 2.89. The fourth-order valence-electron chi connectivity index (χ4n) is 2.89. The number of aromatic nitrogens is 4. The predicted octanol–water partition coefficient (Wildman–Crippen LogP) is 2.36. The molecule has 3 heterocycles. The minimum atomic E-state index is -0.506. The molecule has 0 fully saturated rings. The number of pyridine rings is 1. The van der Waals surface area contributed by atoms with Gasteiger partial charge in [0.25, 0.3) is 11.5 Å². The van der Waals surface area contributed by atoms with Gasteiger partial charge in [0.2, 0.25) is 5.78 Å². The number of fused-ring (bicyclic) bond motifs is 1. The van der Waals surface area contributed by atoms with Gasteiger partial charge in [-0.25, -0.2) is 9.97 Å². The average Bonchev–Trinajstić information content (AvgIpc) is 3.14. The van der Waals surface area contributed by atoms with Crippen LogP contribution in [0.3, 0.4) is 0 Å². The number of carbonyl (C=O) groups excluding carboxylic acids is 1. The van der Waals surface area contributed by atoms with Gasteiger partial charge in [-0.3, -0.25) is 14.0 Å². The van der Waals surface area contributed by atoms with Gasteiger partial charge in [-0.1, -0.05) is 0 Å². The van der Waals surface area contributed by atoms with Crippen molar-refractivity contribution in [3.05, 3.63) is 77.1 Å². The molecule has 1 amide bonds. The number of hydrogen-bond acceptors (Lipinski definition) is 5. The van der Waals surface area contributed by atoms with E-state index >= 15 is 0 Å². The number of anilines is 1. The standard InChI is InChI=1S/C20H17N5O3/c1-24-9-3-5-14(19(24)27)18(26)22-15-11-13(6-7-17(15)28-2)16-12-25-10-4-8-21-20(25)23-16/h3-12H,1-2H3,(H,22,26). The summed E-state index contributed by atoms with van der Waals surface area (Å²) in [5.41, 5.74) is 1.60. The van der Waals surface area contributed by atoms with Gasteiger partial charge < -0.3 is 14.6 Å². The third-order valence-electron chi connectivity index (χ3n) is 4.35. The Morgan fingerprint density at radius 2 is 2.04 bits per heavy atom.